The van der Waals surface area contributed by atoms with Crippen LogP contribution < -0.4 is 10.1 Å². The number of benzene rings is 3. The van der Waals surface area contributed by atoms with Crippen molar-refractivity contribution in [1.82, 2.24) is 14.9 Å². The van der Waals surface area contributed by atoms with Crippen LogP contribution in [0.3, 0.4) is 0 Å². The van der Waals surface area contributed by atoms with E-state index in [0.29, 0.717) is 25.5 Å². The largest absolute Gasteiger partial charge is 0.494 e. The topological polar surface area (TPSA) is 56.1 Å². The van der Waals surface area contributed by atoms with Crippen LogP contribution in [0.1, 0.15) is 49.6 Å². The Morgan fingerprint density at radius 1 is 1.03 bits per heavy atom. The van der Waals surface area contributed by atoms with Gasteiger partial charge >= 0.3 is 0 Å². The maximum absolute atomic E-state index is 12.2. The molecule has 0 spiro atoms. The van der Waals surface area contributed by atoms with Crippen LogP contribution in [-0.2, 0) is 17.8 Å². The number of carbonyl (C=O) groups is 1. The van der Waals surface area contributed by atoms with Gasteiger partial charge in [0.1, 0.15) is 11.6 Å². The highest BCUT2D eigenvalue weighted by Crippen LogP contribution is 2.22. The lowest BCUT2D eigenvalue weighted by Crippen LogP contribution is -2.24. The molecule has 3 aromatic carbocycles. The van der Waals surface area contributed by atoms with Crippen molar-refractivity contribution < 1.29 is 9.53 Å². The molecule has 0 aliphatic rings. The van der Waals surface area contributed by atoms with Gasteiger partial charge in [-0.1, -0.05) is 68.4 Å². The minimum Gasteiger partial charge on any atom is -0.494 e. The Morgan fingerprint density at radius 3 is 2.56 bits per heavy atom. The summed E-state index contributed by atoms with van der Waals surface area (Å²) in [6.07, 6.45) is 6.06. The van der Waals surface area contributed by atoms with Crippen LogP contribution in [0.25, 0.3) is 17.1 Å². The van der Waals surface area contributed by atoms with Gasteiger partial charge in [-0.25, -0.2) is 4.98 Å². The molecule has 0 saturated heterocycles. The molecule has 4 aromatic rings. The molecule has 186 valence electrons. The number of nitrogens with zero attached hydrogens (tertiary/aromatic N) is 2. The van der Waals surface area contributed by atoms with Gasteiger partial charge < -0.3 is 14.6 Å². The summed E-state index contributed by atoms with van der Waals surface area (Å²) in [5.74, 6) is 2.34. The molecule has 0 radical (unpaired) electrons. The zero-order valence-corrected chi connectivity index (χ0v) is 21.2. The number of para-hydroxylation sites is 2. The van der Waals surface area contributed by atoms with Crippen molar-refractivity contribution in [2.45, 2.75) is 45.6 Å². The van der Waals surface area contributed by atoms with E-state index in [1.165, 1.54) is 5.56 Å². The second-order valence-corrected chi connectivity index (χ2v) is 9.03. The van der Waals surface area contributed by atoms with Gasteiger partial charge in [0.25, 0.3) is 0 Å². The summed E-state index contributed by atoms with van der Waals surface area (Å²) in [7, 11) is 0. The molecule has 36 heavy (non-hydrogen) atoms. The van der Waals surface area contributed by atoms with Crippen LogP contribution in [0.5, 0.6) is 5.75 Å². The Bertz CT molecular complexity index is 1280. The van der Waals surface area contributed by atoms with E-state index in [9.17, 15) is 4.79 Å². The van der Waals surface area contributed by atoms with E-state index in [0.717, 1.165) is 47.6 Å². The van der Waals surface area contributed by atoms with Crippen molar-refractivity contribution >= 4 is 23.0 Å². The fourth-order valence-corrected chi connectivity index (χ4v) is 4.20. The molecule has 1 atom stereocenters. The monoisotopic (exact) mass is 481 g/mol. The summed E-state index contributed by atoms with van der Waals surface area (Å²) < 4.78 is 8.25. The first-order chi connectivity index (χ1) is 17.6. The van der Waals surface area contributed by atoms with Crippen molar-refractivity contribution in [1.29, 1.82) is 0 Å². The lowest BCUT2D eigenvalue weighted by Gasteiger charge is -2.12. The van der Waals surface area contributed by atoms with Gasteiger partial charge in [-0.05, 0) is 60.2 Å². The van der Waals surface area contributed by atoms with Gasteiger partial charge in [0.2, 0.25) is 5.91 Å². The summed E-state index contributed by atoms with van der Waals surface area (Å²) in [4.78, 5) is 17.1. The summed E-state index contributed by atoms with van der Waals surface area (Å²) in [5, 5.41) is 2.97. The summed E-state index contributed by atoms with van der Waals surface area (Å²) in [6, 6.07) is 26.4. The number of aryl methyl sites for hydroxylation is 1. The Hall–Kier alpha value is -3.86. The third-order valence-electron chi connectivity index (χ3n) is 6.46. The number of aromatic nitrogens is 2. The number of hydrogen-bond donors (Lipinski definition) is 1. The summed E-state index contributed by atoms with van der Waals surface area (Å²) in [5.41, 5.74) is 4.44. The third-order valence-corrected chi connectivity index (χ3v) is 6.46. The van der Waals surface area contributed by atoms with E-state index in [2.05, 4.69) is 54.1 Å². The molecule has 4 rings (SSSR count). The number of ether oxygens (including phenoxy) is 1. The normalized spacial score (nSPS) is 12.2. The maximum atomic E-state index is 12.2. The van der Waals surface area contributed by atoms with Crippen LogP contribution in [0.2, 0.25) is 0 Å². The number of imidazole rings is 1. The molecule has 0 aliphatic heterocycles. The van der Waals surface area contributed by atoms with Gasteiger partial charge in [0, 0.05) is 25.6 Å². The number of amides is 1. The Labute approximate surface area is 213 Å². The number of rotatable bonds is 12. The first-order valence-corrected chi connectivity index (χ1v) is 12.8. The van der Waals surface area contributed by atoms with E-state index in [1.54, 1.807) is 6.08 Å². The quantitative estimate of drug-likeness (QED) is 0.188. The second-order valence-electron chi connectivity index (χ2n) is 9.03. The predicted molar refractivity (Wildman–Crippen MR) is 147 cm³/mol. The molecule has 0 saturated carbocycles. The number of carbonyl (C=O) groups excluding carboxylic acids is 1. The summed E-state index contributed by atoms with van der Waals surface area (Å²) >= 11 is 0. The van der Waals surface area contributed by atoms with Crippen LogP contribution >= 0.6 is 0 Å². The third kappa shape index (κ3) is 6.85. The molecule has 0 aliphatic carbocycles. The first kappa shape index (κ1) is 25.2. The van der Waals surface area contributed by atoms with Crippen LogP contribution in [0, 0.1) is 0 Å². The van der Waals surface area contributed by atoms with E-state index in [4.69, 9.17) is 9.72 Å². The fraction of sp³-hybridized carbons (Fsp3) is 0.290. The standard InChI is InChI=1S/C31H35N3O2/c1-3-24(2)26-15-17-27(18-16-26)36-23-9-22-34-29-13-8-7-12-28(29)33-30(34)20-21-32-31(35)19-14-25-10-5-4-6-11-25/h4-8,10-19,24H,3,9,20-23H2,1-2H3,(H,32,35)/b19-14+. The van der Waals surface area contributed by atoms with Crippen LogP contribution in [0.4, 0.5) is 0 Å². The second kappa shape index (κ2) is 12.7. The van der Waals surface area contributed by atoms with Gasteiger partial charge in [-0.3, -0.25) is 4.79 Å². The molecule has 5 heteroatoms. The number of fused-ring (bicyclic) bond motifs is 1. The van der Waals surface area contributed by atoms with Gasteiger partial charge in [0.15, 0.2) is 0 Å². The average molecular weight is 482 g/mol. The minimum absolute atomic E-state index is 0.103. The molecule has 1 unspecified atom stereocenters. The number of hydrogen-bond acceptors (Lipinski definition) is 3. The maximum Gasteiger partial charge on any atom is 0.244 e. The Balaban J connectivity index is 1.31. The van der Waals surface area contributed by atoms with Crippen molar-refractivity contribution in [3.05, 3.63) is 102 Å². The SMILES string of the molecule is CCC(C)c1ccc(OCCCn2c(CCNC(=O)/C=C/c3ccccc3)nc3ccccc32)cc1. The smallest absolute Gasteiger partial charge is 0.244 e. The van der Waals surface area contributed by atoms with E-state index in [-0.39, 0.29) is 5.91 Å². The van der Waals surface area contributed by atoms with Gasteiger partial charge in [0.05, 0.1) is 17.6 Å². The predicted octanol–water partition coefficient (Wildman–Crippen LogP) is 6.39. The molecule has 1 heterocycles. The van der Waals surface area contributed by atoms with Crippen molar-refractivity contribution in [3.8, 4) is 5.75 Å². The van der Waals surface area contributed by atoms with Gasteiger partial charge in [-0.2, -0.15) is 0 Å². The lowest BCUT2D eigenvalue weighted by atomic mass is 9.99. The molecular formula is C31H35N3O2. The fourth-order valence-electron chi connectivity index (χ4n) is 4.20. The Morgan fingerprint density at radius 2 is 1.78 bits per heavy atom. The van der Waals surface area contributed by atoms with Crippen molar-refractivity contribution in [2.24, 2.45) is 0 Å². The average Bonchev–Trinajstić information content (AvgIpc) is 3.27. The first-order valence-electron chi connectivity index (χ1n) is 12.8. The molecule has 0 bridgehead atoms. The zero-order chi connectivity index (χ0) is 25.2. The van der Waals surface area contributed by atoms with E-state index in [1.807, 2.05) is 54.6 Å². The van der Waals surface area contributed by atoms with Crippen molar-refractivity contribution in [3.63, 3.8) is 0 Å². The molecule has 1 amide bonds. The Kier molecular flexibility index (Phi) is 8.92. The zero-order valence-electron chi connectivity index (χ0n) is 21.2. The van der Waals surface area contributed by atoms with Crippen LogP contribution in [0.15, 0.2) is 84.9 Å². The number of nitrogens with one attached hydrogen (secondary N) is 1. The van der Waals surface area contributed by atoms with E-state index >= 15 is 0 Å². The molecular weight excluding hydrogens is 446 g/mol. The molecule has 1 N–H and O–H groups in total. The highest BCUT2D eigenvalue weighted by Gasteiger charge is 2.11. The van der Waals surface area contributed by atoms with Gasteiger partial charge in [-0.15, -0.1) is 0 Å². The molecule has 5 nitrogen and oxygen atoms in total. The van der Waals surface area contributed by atoms with Crippen LogP contribution in [-0.4, -0.2) is 28.6 Å². The van der Waals surface area contributed by atoms with E-state index < -0.39 is 0 Å². The summed E-state index contributed by atoms with van der Waals surface area (Å²) in [6.45, 7) is 6.43. The highest BCUT2D eigenvalue weighted by molar-refractivity contribution is 5.91. The molecule has 0 fully saturated rings. The highest BCUT2D eigenvalue weighted by atomic mass is 16.5. The minimum atomic E-state index is -0.103. The lowest BCUT2D eigenvalue weighted by molar-refractivity contribution is -0.116. The molecule has 1 aromatic heterocycles. The van der Waals surface area contributed by atoms with Crippen molar-refractivity contribution in [2.75, 3.05) is 13.2 Å².